The van der Waals surface area contributed by atoms with Crippen LogP contribution in [0.1, 0.15) is 24.8 Å². The average Bonchev–Trinajstić information content (AvgIpc) is 2.59. The summed E-state index contributed by atoms with van der Waals surface area (Å²) in [5.41, 5.74) is 7.88. The molecule has 0 saturated carbocycles. The Hall–Kier alpha value is -2.34. The predicted molar refractivity (Wildman–Crippen MR) is 93.8 cm³/mol. The van der Waals surface area contributed by atoms with Gasteiger partial charge in [0.1, 0.15) is 5.82 Å². The number of hydrogen-bond donors (Lipinski definition) is 3. The van der Waals surface area contributed by atoms with Gasteiger partial charge in [0, 0.05) is 31.5 Å². The Bertz CT molecular complexity index is 588. The van der Waals surface area contributed by atoms with Gasteiger partial charge in [-0.3, -0.25) is 0 Å². The fourth-order valence-electron chi connectivity index (χ4n) is 2.24. The Morgan fingerprint density at radius 1 is 1.22 bits per heavy atom. The number of methoxy groups -OCH3 is 1. The highest BCUT2D eigenvalue weighted by Gasteiger charge is 2.05. The van der Waals surface area contributed by atoms with Crippen molar-refractivity contribution in [3.8, 4) is 5.88 Å². The molecule has 0 aliphatic rings. The van der Waals surface area contributed by atoms with Crippen LogP contribution in [-0.4, -0.2) is 36.7 Å². The predicted octanol–water partition coefficient (Wildman–Crippen LogP) is 2.26. The molecule has 4 N–H and O–H groups in total. The molecule has 2 rings (SSSR count). The summed E-state index contributed by atoms with van der Waals surface area (Å²) in [6.45, 7) is 4.91. The van der Waals surface area contributed by atoms with E-state index in [2.05, 4.69) is 33.6 Å². The lowest BCUT2D eigenvalue weighted by Crippen LogP contribution is -2.23. The van der Waals surface area contributed by atoms with Crippen LogP contribution in [0.5, 0.6) is 5.88 Å². The maximum atomic E-state index is 5.78. The number of pyridine rings is 2. The van der Waals surface area contributed by atoms with Gasteiger partial charge in [-0.05, 0) is 36.6 Å². The van der Waals surface area contributed by atoms with Crippen LogP contribution in [0.3, 0.4) is 0 Å². The molecule has 2 aromatic heterocycles. The Labute approximate surface area is 137 Å². The van der Waals surface area contributed by atoms with Crippen molar-refractivity contribution in [2.75, 3.05) is 37.8 Å². The molecule has 124 valence electrons. The number of hydrogen-bond acceptors (Lipinski definition) is 6. The third kappa shape index (κ3) is 5.41. The van der Waals surface area contributed by atoms with Gasteiger partial charge in [-0.25, -0.2) is 9.97 Å². The van der Waals surface area contributed by atoms with Crippen molar-refractivity contribution in [2.45, 2.75) is 19.3 Å². The SMILES string of the molecule is COc1ccc(C(C)CNCCCNc2cccnc2N)cn1. The van der Waals surface area contributed by atoms with Crippen LogP contribution in [0, 0.1) is 0 Å². The van der Waals surface area contributed by atoms with Crippen molar-refractivity contribution in [1.82, 2.24) is 15.3 Å². The summed E-state index contributed by atoms with van der Waals surface area (Å²) in [5.74, 6) is 1.60. The van der Waals surface area contributed by atoms with Crippen molar-refractivity contribution in [3.05, 3.63) is 42.2 Å². The molecule has 6 heteroatoms. The van der Waals surface area contributed by atoms with Crippen LogP contribution in [0.15, 0.2) is 36.7 Å². The minimum atomic E-state index is 0.412. The van der Waals surface area contributed by atoms with E-state index in [-0.39, 0.29) is 0 Å². The zero-order valence-electron chi connectivity index (χ0n) is 13.7. The Balaban J connectivity index is 1.62. The number of nitrogens with one attached hydrogen (secondary N) is 2. The highest BCUT2D eigenvalue weighted by molar-refractivity contribution is 5.60. The number of nitrogens with zero attached hydrogens (tertiary/aromatic N) is 2. The lowest BCUT2D eigenvalue weighted by Gasteiger charge is -2.13. The van der Waals surface area contributed by atoms with Crippen molar-refractivity contribution < 1.29 is 4.74 Å². The summed E-state index contributed by atoms with van der Waals surface area (Å²) >= 11 is 0. The highest BCUT2D eigenvalue weighted by Crippen LogP contribution is 2.16. The van der Waals surface area contributed by atoms with Crippen LogP contribution in [0.2, 0.25) is 0 Å². The molecule has 0 fully saturated rings. The van der Waals surface area contributed by atoms with Gasteiger partial charge >= 0.3 is 0 Å². The average molecular weight is 315 g/mol. The van der Waals surface area contributed by atoms with Crippen LogP contribution >= 0.6 is 0 Å². The molecule has 1 unspecified atom stereocenters. The number of anilines is 2. The van der Waals surface area contributed by atoms with Gasteiger partial charge in [0.05, 0.1) is 12.8 Å². The number of nitrogen functional groups attached to an aromatic ring is 1. The molecule has 2 heterocycles. The fraction of sp³-hybridized carbons (Fsp3) is 0.412. The molecule has 23 heavy (non-hydrogen) atoms. The first-order chi connectivity index (χ1) is 11.2. The maximum absolute atomic E-state index is 5.78. The maximum Gasteiger partial charge on any atom is 0.212 e. The van der Waals surface area contributed by atoms with Gasteiger partial charge in [0.15, 0.2) is 0 Å². The van der Waals surface area contributed by atoms with Crippen molar-refractivity contribution in [3.63, 3.8) is 0 Å². The van der Waals surface area contributed by atoms with E-state index in [9.17, 15) is 0 Å². The molecule has 0 aliphatic heterocycles. The van der Waals surface area contributed by atoms with E-state index in [1.165, 1.54) is 5.56 Å². The number of nitrogens with two attached hydrogens (primary N) is 1. The van der Waals surface area contributed by atoms with Crippen LogP contribution in [0.25, 0.3) is 0 Å². The molecule has 0 amide bonds. The lowest BCUT2D eigenvalue weighted by molar-refractivity contribution is 0.397. The monoisotopic (exact) mass is 315 g/mol. The third-order valence-electron chi connectivity index (χ3n) is 3.67. The van der Waals surface area contributed by atoms with E-state index in [1.54, 1.807) is 13.3 Å². The second-order valence-corrected chi connectivity index (χ2v) is 5.46. The van der Waals surface area contributed by atoms with E-state index in [0.717, 1.165) is 31.7 Å². The molecule has 0 saturated heterocycles. The van der Waals surface area contributed by atoms with Crippen molar-refractivity contribution >= 4 is 11.5 Å². The summed E-state index contributed by atoms with van der Waals surface area (Å²) in [6.07, 6.45) is 4.58. The minimum absolute atomic E-state index is 0.412. The third-order valence-corrected chi connectivity index (χ3v) is 3.67. The molecule has 0 spiro atoms. The smallest absolute Gasteiger partial charge is 0.212 e. The summed E-state index contributed by atoms with van der Waals surface area (Å²) in [6, 6.07) is 7.77. The Morgan fingerprint density at radius 3 is 2.78 bits per heavy atom. The van der Waals surface area contributed by atoms with E-state index in [1.807, 2.05) is 24.4 Å². The first-order valence-electron chi connectivity index (χ1n) is 7.85. The van der Waals surface area contributed by atoms with Gasteiger partial charge in [0.2, 0.25) is 5.88 Å². The second kappa shape index (κ2) is 8.95. The molecule has 0 radical (unpaired) electrons. The Morgan fingerprint density at radius 2 is 2.09 bits per heavy atom. The molecule has 0 bridgehead atoms. The number of aromatic nitrogens is 2. The first kappa shape index (κ1) is 17.0. The largest absolute Gasteiger partial charge is 0.481 e. The number of rotatable bonds is 9. The summed E-state index contributed by atoms with van der Waals surface area (Å²) < 4.78 is 5.07. The molecule has 6 nitrogen and oxygen atoms in total. The van der Waals surface area contributed by atoms with Gasteiger partial charge in [0.25, 0.3) is 0 Å². The summed E-state index contributed by atoms with van der Waals surface area (Å²) in [4.78, 5) is 8.29. The van der Waals surface area contributed by atoms with E-state index < -0.39 is 0 Å². The quantitative estimate of drug-likeness (QED) is 0.616. The van der Waals surface area contributed by atoms with Gasteiger partial charge in [-0.2, -0.15) is 0 Å². The van der Waals surface area contributed by atoms with Gasteiger partial charge in [-0.1, -0.05) is 13.0 Å². The first-order valence-corrected chi connectivity index (χ1v) is 7.85. The molecule has 2 aromatic rings. The van der Waals surface area contributed by atoms with Crippen LogP contribution < -0.4 is 21.1 Å². The van der Waals surface area contributed by atoms with Crippen LogP contribution in [0.4, 0.5) is 11.5 Å². The van der Waals surface area contributed by atoms with Gasteiger partial charge in [-0.15, -0.1) is 0 Å². The molecular formula is C17H25N5O. The van der Waals surface area contributed by atoms with Crippen molar-refractivity contribution in [2.24, 2.45) is 0 Å². The minimum Gasteiger partial charge on any atom is -0.481 e. The highest BCUT2D eigenvalue weighted by atomic mass is 16.5. The van der Waals surface area contributed by atoms with Crippen molar-refractivity contribution in [1.29, 1.82) is 0 Å². The molecule has 1 atom stereocenters. The van der Waals surface area contributed by atoms with E-state index in [0.29, 0.717) is 17.6 Å². The molecule has 0 aliphatic carbocycles. The lowest BCUT2D eigenvalue weighted by atomic mass is 10.0. The zero-order valence-corrected chi connectivity index (χ0v) is 13.7. The summed E-state index contributed by atoms with van der Waals surface area (Å²) in [5, 5.41) is 6.76. The van der Waals surface area contributed by atoms with E-state index >= 15 is 0 Å². The fourth-order valence-corrected chi connectivity index (χ4v) is 2.24. The zero-order chi connectivity index (χ0) is 16.5. The molecular weight excluding hydrogens is 290 g/mol. The number of ether oxygens (including phenoxy) is 1. The van der Waals surface area contributed by atoms with E-state index in [4.69, 9.17) is 10.5 Å². The second-order valence-electron chi connectivity index (χ2n) is 5.46. The normalized spacial score (nSPS) is 11.9. The Kier molecular flexibility index (Phi) is 6.62. The van der Waals surface area contributed by atoms with Gasteiger partial charge < -0.3 is 21.1 Å². The standard InChI is InChI=1S/C17H25N5O/c1-13(14-6-7-16(23-2)22-12-14)11-19-8-4-10-20-15-5-3-9-21-17(15)18/h3,5-7,9,12-13,19-20H,4,8,10-11H2,1-2H3,(H2,18,21). The molecule has 0 aromatic carbocycles. The summed E-state index contributed by atoms with van der Waals surface area (Å²) in [7, 11) is 1.63. The topological polar surface area (TPSA) is 85.1 Å². The van der Waals surface area contributed by atoms with Crippen LogP contribution in [-0.2, 0) is 0 Å².